The second kappa shape index (κ2) is 7.25. The third-order valence-corrected chi connectivity index (χ3v) is 5.05. The molecule has 3 aromatic rings. The van der Waals surface area contributed by atoms with Gasteiger partial charge in [0.2, 0.25) is 5.91 Å². The smallest absolute Gasteiger partial charge is 0.222 e. The molecule has 4 rings (SSSR count). The van der Waals surface area contributed by atoms with Crippen molar-refractivity contribution in [1.29, 1.82) is 0 Å². The fraction of sp³-hybridized carbons (Fsp3) is 0.350. The van der Waals surface area contributed by atoms with Gasteiger partial charge in [-0.05, 0) is 43.0 Å². The number of aliphatic hydroxyl groups is 1. The molecule has 6 heteroatoms. The zero-order valence-corrected chi connectivity index (χ0v) is 14.5. The average Bonchev–Trinajstić information content (AvgIpc) is 3.06. The van der Waals surface area contributed by atoms with Crippen LogP contribution in [-0.4, -0.2) is 31.7 Å². The number of fused-ring (bicyclic) bond motifs is 1. The van der Waals surface area contributed by atoms with Crippen molar-refractivity contribution >= 4 is 16.9 Å². The third kappa shape index (κ3) is 3.46. The highest BCUT2D eigenvalue weighted by molar-refractivity contribution is 5.77. The molecule has 1 saturated carbocycles. The van der Waals surface area contributed by atoms with Crippen molar-refractivity contribution in [2.45, 2.75) is 38.0 Å². The van der Waals surface area contributed by atoms with Gasteiger partial charge in [0, 0.05) is 19.2 Å². The number of amides is 1. The Morgan fingerprint density at radius 2 is 2.00 bits per heavy atom. The number of benzene rings is 1. The Morgan fingerprint density at radius 1 is 1.19 bits per heavy atom. The molecule has 26 heavy (non-hydrogen) atoms. The van der Waals surface area contributed by atoms with Gasteiger partial charge in [0.1, 0.15) is 0 Å². The maximum atomic E-state index is 12.5. The van der Waals surface area contributed by atoms with Gasteiger partial charge in [0.15, 0.2) is 0 Å². The Bertz CT molecular complexity index is 887. The summed E-state index contributed by atoms with van der Waals surface area (Å²) in [4.78, 5) is 21.3. The van der Waals surface area contributed by atoms with Crippen LogP contribution in [0.15, 0.2) is 55.0 Å². The average molecular weight is 350 g/mol. The molecule has 1 amide bonds. The number of aliphatic hydroxyl groups excluding tert-OH is 1. The second-order valence-corrected chi connectivity index (χ2v) is 6.86. The minimum atomic E-state index is -0.263. The summed E-state index contributed by atoms with van der Waals surface area (Å²) >= 11 is 0. The molecule has 2 aromatic heterocycles. The van der Waals surface area contributed by atoms with Crippen molar-refractivity contribution in [3.8, 4) is 0 Å². The molecule has 2 heterocycles. The second-order valence-electron chi connectivity index (χ2n) is 6.86. The summed E-state index contributed by atoms with van der Waals surface area (Å²) in [7, 11) is 0. The third-order valence-electron chi connectivity index (χ3n) is 5.05. The van der Waals surface area contributed by atoms with Crippen LogP contribution < -0.4 is 5.32 Å². The Labute approximate surface area is 151 Å². The normalized spacial score (nSPS) is 20.5. The molecular formula is C20H22N4O2. The number of rotatable bonds is 6. The van der Waals surface area contributed by atoms with Crippen LogP contribution in [0.25, 0.3) is 11.0 Å². The lowest BCUT2D eigenvalue weighted by Crippen LogP contribution is -2.41. The summed E-state index contributed by atoms with van der Waals surface area (Å²) < 4.78 is 2.00. The van der Waals surface area contributed by atoms with Crippen LogP contribution in [0.1, 0.15) is 31.0 Å². The van der Waals surface area contributed by atoms with Crippen LogP contribution >= 0.6 is 0 Å². The molecule has 0 unspecified atom stereocenters. The Kier molecular flexibility index (Phi) is 4.67. The monoisotopic (exact) mass is 350 g/mol. The van der Waals surface area contributed by atoms with Crippen molar-refractivity contribution in [1.82, 2.24) is 19.9 Å². The van der Waals surface area contributed by atoms with Gasteiger partial charge in [-0.25, -0.2) is 4.98 Å². The molecule has 1 aliphatic rings. The summed E-state index contributed by atoms with van der Waals surface area (Å²) in [5.41, 5.74) is 2.82. The van der Waals surface area contributed by atoms with Crippen molar-refractivity contribution in [2.75, 3.05) is 0 Å². The van der Waals surface area contributed by atoms with E-state index in [0.29, 0.717) is 25.8 Å². The number of aromatic nitrogens is 3. The number of nitrogens with one attached hydrogen (secondary N) is 1. The van der Waals surface area contributed by atoms with E-state index in [0.717, 1.165) is 16.7 Å². The van der Waals surface area contributed by atoms with E-state index >= 15 is 0 Å². The Balaban J connectivity index is 1.42. The fourth-order valence-corrected chi connectivity index (χ4v) is 3.55. The number of nitrogens with zero attached hydrogens (tertiary/aromatic N) is 3. The summed E-state index contributed by atoms with van der Waals surface area (Å²) in [5, 5.41) is 12.8. The van der Waals surface area contributed by atoms with E-state index in [1.165, 1.54) is 0 Å². The number of hydrogen-bond donors (Lipinski definition) is 2. The number of imidazole rings is 1. The predicted octanol–water partition coefficient (Wildman–Crippen LogP) is 2.45. The first kappa shape index (κ1) is 16.7. The lowest BCUT2D eigenvalue weighted by Gasteiger charge is -2.37. The first-order valence-corrected chi connectivity index (χ1v) is 8.99. The number of aryl methyl sites for hydroxylation is 1. The fourth-order valence-electron chi connectivity index (χ4n) is 3.55. The van der Waals surface area contributed by atoms with E-state index in [1.54, 1.807) is 12.5 Å². The van der Waals surface area contributed by atoms with E-state index in [1.807, 2.05) is 47.0 Å². The molecular weight excluding hydrogens is 328 g/mol. The highest BCUT2D eigenvalue weighted by Gasteiger charge is 2.36. The Hall–Kier alpha value is -2.73. The molecule has 0 aliphatic heterocycles. The van der Waals surface area contributed by atoms with E-state index < -0.39 is 0 Å². The van der Waals surface area contributed by atoms with E-state index in [-0.39, 0.29) is 24.0 Å². The van der Waals surface area contributed by atoms with Crippen molar-refractivity contribution < 1.29 is 9.90 Å². The maximum Gasteiger partial charge on any atom is 0.222 e. The molecule has 134 valence electrons. The zero-order chi connectivity index (χ0) is 17.9. The Morgan fingerprint density at radius 3 is 2.77 bits per heavy atom. The molecule has 1 fully saturated rings. The molecule has 0 spiro atoms. The maximum absolute atomic E-state index is 12.5. The van der Waals surface area contributed by atoms with Gasteiger partial charge < -0.3 is 15.0 Å². The van der Waals surface area contributed by atoms with Gasteiger partial charge in [0.25, 0.3) is 0 Å². The van der Waals surface area contributed by atoms with Gasteiger partial charge in [-0.1, -0.05) is 18.2 Å². The predicted molar refractivity (Wildman–Crippen MR) is 98.2 cm³/mol. The molecule has 6 nitrogen and oxygen atoms in total. The van der Waals surface area contributed by atoms with E-state index in [9.17, 15) is 9.90 Å². The van der Waals surface area contributed by atoms with Gasteiger partial charge in [-0.2, -0.15) is 0 Å². The van der Waals surface area contributed by atoms with Crippen molar-refractivity contribution in [3.05, 3.63) is 60.7 Å². The number of carbonyl (C=O) groups excluding carboxylic acids is 1. The first-order chi connectivity index (χ1) is 12.7. The molecule has 0 saturated heterocycles. The topological polar surface area (TPSA) is 80.0 Å². The quantitative estimate of drug-likeness (QED) is 0.716. The number of hydrogen-bond acceptors (Lipinski definition) is 4. The van der Waals surface area contributed by atoms with Crippen LogP contribution in [0.4, 0.5) is 0 Å². The van der Waals surface area contributed by atoms with Crippen LogP contribution in [0.3, 0.4) is 0 Å². The number of pyridine rings is 1. The van der Waals surface area contributed by atoms with Crippen LogP contribution in [0.2, 0.25) is 0 Å². The van der Waals surface area contributed by atoms with E-state index in [4.69, 9.17) is 0 Å². The van der Waals surface area contributed by atoms with Gasteiger partial charge in [-0.15, -0.1) is 0 Å². The molecule has 0 radical (unpaired) electrons. The van der Waals surface area contributed by atoms with Gasteiger partial charge in [0.05, 0.1) is 35.2 Å². The van der Waals surface area contributed by atoms with Gasteiger partial charge >= 0.3 is 0 Å². The largest absolute Gasteiger partial charge is 0.393 e. The number of para-hydroxylation sites is 2. The minimum absolute atomic E-state index is 0.0141. The summed E-state index contributed by atoms with van der Waals surface area (Å²) in [5.74, 6) is 0.220. The lowest BCUT2D eigenvalue weighted by atomic mass is 9.76. The van der Waals surface area contributed by atoms with Crippen molar-refractivity contribution in [3.63, 3.8) is 0 Å². The highest BCUT2D eigenvalue weighted by atomic mass is 16.3. The van der Waals surface area contributed by atoms with E-state index in [2.05, 4.69) is 15.3 Å². The first-order valence-electron chi connectivity index (χ1n) is 8.99. The molecule has 1 aliphatic carbocycles. The highest BCUT2D eigenvalue weighted by Crippen LogP contribution is 2.37. The van der Waals surface area contributed by atoms with Crippen LogP contribution in [0, 0.1) is 5.92 Å². The standard InChI is InChI=1S/C20H22N4O2/c25-15-11-14(12-15)20(17-6-3-4-9-21-17)23-19(26)8-10-24-13-22-16-5-1-2-7-18(16)24/h1-7,9,13-15,20,25H,8,10-12H2,(H,23,26)/t14?,15?,20-/m1/s1. The van der Waals surface area contributed by atoms with Crippen LogP contribution in [0.5, 0.6) is 0 Å². The van der Waals surface area contributed by atoms with Crippen LogP contribution in [-0.2, 0) is 11.3 Å². The molecule has 2 N–H and O–H groups in total. The van der Waals surface area contributed by atoms with Gasteiger partial charge in [-0.3, -0.25) is 9.78 Å². The lowest BCUT2D eigenvalue weighted by molar-refractivity contribution is -0.123. The molecule has 0 bridgehead atoms. The zero-order valence-electron chi connectivity index (χ0n) is 14.5. The molecule has 1 atom stereocenters. The van der Waals surface area contributed by atoms with Crippen molar-refractivity contribution in [2.24, 2.45) is 5.92 Å². The summed E-state index contributed by atoms with van der Waals surface area (Å²) in [6.07, 6.45) is 5.03. The summed E-state index contributed by atoms with van der Waals surface area (Å²) in [6.45, 7) is 0.578. The minimum Gasteiger partial charge on any atom is -0.393 e. The summed E-state index contributed by atoms with van der Waals surface area (Å²) in [6, 6.07) is 13.5. The SMILES string of the molecule is O=C(CCn1cnc2ccccc21)N[C@@H](c1ccccn1)C1CC(O)C1. The molecule has 1 aromatic carbocycles. The number of carbonyl (C=O) groups is 1.